The van der Waals surface area contributed by atoms with Crippen LogP contribution in [-0.2, 0) is 17.3 Å². The van der Waals surface area contributed by atoms with Crippen molar-refractivity contribution in [2.45, 2.75) is 51.9 Å². The molecule has 0 saturated heterocycles. The molecule has 1 unspecified atom stereocenters. The Morgan fingerprint density at radius 3 is 1.95 bits per heavy atom. The van der Waals surface area contributed by atoms with Gasteiger partial charge in [0.2, 0.25) is 0 Å². The summed E-state index contributed by atoms with van der Waals surface area (Å²) in [5.74, 6) is 0. The van der Waals surface area contributed by atoms with E-state index >= 15 is 0 Å². The fraction of sp³-hybridized carbons (Fsp3) is 0.429. The fourth-order valence-electron chi connectivity index (χ4n) is 3.10. The lowest BCUT2D eigenvalue weighted by Crippen LogP contribution is -2.35. The minimum atomic E-state index is -0.0193. The van der Waals surface area contributed by atoms with Crippen LogP contribution < -0.4 is 5.73 Å². The average molecular weight is 295 g/mol. The van der Waals surface area contributed by atoms with E-state index < -0.39 is 0 Å². The molecule has 2 N–H and O–H groups in total. The number of aryl methyl sites for hydroxylation is 1. The van der Waals surface area contributed by atoms with Crippen LogP contribution in [0, 0.1) is 6.92 Å². The van der Waals surface area contributed by atoms with E-state index in [0.29, 0.717) is 6.54 Å². The van der Waals surface area contributed by atoms with Gasteiger partial charge in [0.15, 0.2) is 0 Å². The molecule has 1 nitrogen and oxygen atoms in total. The molecule has 0 spiro atoms. The second kappa shape index (κ2) is 6.26. The summed E-state index contributed by atoms with van der Waals surface area (Å²) >= 11 is 0. The van der Waals surface area contributed by atoms with E-state index in [0.717, 1.165) is 6.42 Å². The predicted octanol–water partition coefficient (Wildman–Crippen LogP) is 4.75. The van der Waals surface area contributed by atoms with E-state index in [2.05, 4.69) is 83.1 Å². The molecule has 0 heterocycles. The van der Waals surface area contributed by atoms with Crippen molar-refractivity contribution < 1.29 is 0 Å². The summed E-state index contributed by atoms with van der Waals surface area (Å²) in [5.41, 5.74) is 11.7. The number of benzene rings is 2. The molecule has 0 radical (unpaired) electrons. The van der Waals surface area contributed by atoms with Gasteiger partial charge in [0.05, 0.1) is 0 Å². The summed E-state index contributed by atoms with van der Waals surface area (Å²) in [5, 5.41) is 0. The van der Waals surface area contributed by atoms with E-state index in [1.54, 1.807) is 0 Å². The molecule has 1 heteroatoms. The zero-order chi connectivity index (χ0) is 16.4. The Morgan fingerprint density at radius 1 is 0.864 bits per heavy atom. The lowest BCUT2D eigenvalue weighted by Gasteiger charge is -2.31. The van der Waals surface area contributed by atoms with Crippen LogP contribution in [-0.4, -0.2) is 6.54 Å². The van der Waals surface area contributed by atoms with Gasteiger partial charge in [0.1, 0.15) is 0 Å². The molecule has 0 aliphatic heterocycles. The average Bonchev–Trinajstić information content (AvgIpc) is 2.47. The van der Waals surface area contributed by atoms with Crippen molar-refractivity contribution in [2.75, 3.05) is 6.54 Å². The first-order chi connectivity index (χ1) is 10.3. The Balaban J connectivity index is 2.29. The zero-order valence-corrected chi connectivity index (χ0v) is 14.6. The van der Waals surface area contributed by atoms with Gasteiger partial charge in [0.25, 0.3) is 0 Å². The molecule has 0 aromatic heterocycles. The predicted molar refractivity (Wildman–Crippen MR) is 96.4 cm³/mol. The zero-order valence-electron chi connectivity index (χ0n) is 14.6. The molecule has 2 aromatic rings. The molecule has 0 fully saturated rings. The third kappa shape index (κ3) is 3.59. The van der Waals surface area contributed by atoms with Gasteiger partial charge in [-0.15, -0.1) is 0 Å². The van der Waals surface area contributed by atoms with Gasteiger partial charge in [0, 0.05) is 12.0 Å². The van der Waals surface area contributed by atoms with Crippen molar-refractivity contribution in [2.24, 2.45) is 5.73 Å². The maximum absolute atomic E-state index is 6.15. The Kier molecular flexibility index (Phi) is 4.77. The van der Waals surface area contributed by atoms with Crippen molar-refractivity contribution in [3.63, 3.8) is 0 Å². The Bertz CT molecular complexity index is 619. The number of hydrogen-bond acceptors (Lipinski definition) is 1. The molecule has 0 amide bonds. The summed E-state index contributed by atoms with van der Waals surface area (Å²) in [7, 11) is 0. The second-order valence-corrected chi connectivity index (χ2v) is 7.70. The smallest absolute Gasteiger partial charge is 0.00902 e. The van der Waals surface area contributed by atoms with Crippen LogP contribution in [0.3, 0.4) is 0 Å². The molecule has 0 aliphatic rings. The highest BCUT2D eigenvalue weighted by Gasteiger charge is 2.27. The lowest BCUT2D eigenvalue weighted by molar-refractivity contribution is 0.478. The van der Waals surface area contributed by atoms with Gasteiger partial charge in [-0.2, -0.15) is 0 Å². The molecular formula is C21H29N. The highest BCUT2D eigenvalue weighted by Crippen LogP contribution is 2.30. The largest absolute Gasteiger partial charge is 0.330 e. The normalized spacial score (nSPS) is 14.6. The van der Waals surface area contributed by atoms with Crippen LogP contribution in [0.1, 0.15) is 49.9 Å². The summed E-state index contributed by atoms with van der Waals surface area (Å²) < 4.78 is 0. The first-order valence-electron chi connectivity index (χ1n) is 8.12. The summed E-state index contributed by atoms with van der Waals surface area (Å²) in [6.07, 6.45) is 0.971. The summed E-state index contributed by atoms with van der Waals surface area (Å²) in [6.45, 7) is 11.8. The summed E-state index contributed by atoms with van der Waals surface area (Å²) in [4.78, 5) is 0. The highest BCUT2D eigenvalue weighted by molar-refractivity contribution is 5.36. The Labute approximate surface area is 135 Å². The molecule has 2 rings (SSSR count). The first kappa shape index (κ1) is 16.8. The van der Waals surface area contributed by atoms with Gasteiger partial charge in [-0.05, 0) is 41.0 Å². The van der Waals surface area contributed by atoms with Gasteiger partial charge in [-0.3, -0.25) is 0 Å². The van der Waals surface area contributed by atoms with E-state index in [9.17, 15) is 0 Å². The monoisotopic (exact) mass is 295 g/mol. The van der Waals surface area contributed by atoms with Crippen molar-refractivity contribution in [1.82, 2.24) is 0 Å². The Hall–Kier alpha value is -1.60. The standard InChI is InChI=1S/C21H29N/c1-16-8-6-7-9-19(16)21(5,15-22)14-17-10-12-18(13-11-17)20(2,3)4/h6-13H,14-15,22H2,1-5H3. The van der Waals surface area contributed by atoms with Gasteiger partial charge in [-0.25, -0.2) is 0 Å². The maximum Gasteiger partial charge on any atom is 0.00902 e. The van der Waals surface area contributed by atoms with E-state index in [1.165, 1.54) is 22.3 Å². The molecule has 0 bridgehead atoms. The fourth-order valence-corrected chi connectivity index (χ4v) is 3.10. The maximum atomic E-state index is 6.15. The Morgan fingerprint density at radius 2 is 1.45 bits per heavy atom. The highest BCUT2D eigenvalue weighted by atomic mass is 14.6. The molecule has 0 saturated carbocycles. The third-order valence-corrected chi connectivity index (χ3v) is 4.66. The topological polar surface area (TPSA) is 26.0 Å². The van der Waals surface area contributed by atoms with Crippen LogP contribution in [0.25, 0.3) is 0 Å². The van der Waals surface area contributed by atoms with Gasteiger partial charge in [-0.1, -0.05) is 76.2 Å². The number of nitrogens with two attached hydrogens (primary N) is 1. The molecule has 2 aromatic carbocycles. The summed E-state index contributed by atoms with van der Waals surface area (Å²) in [6, 6.07) is 17.6. The minimum absolute atomic E-state index is 0.0193. The van der Waals surface area contributed by atoms with Crippen LogP contribution in [0.5, 0.6) is 0 Å². The third-order valence-electron chi connectivity index (χ3n) is 4.66. The van der Waals surface area contributed by atoms with Crippen LogP contribution in [0.4, 0.5) is 0 Å². The number of rotatable bonds is 4. The lowest BCUT2D eigenvalue weighted by atomic mass is 9.75. The SMILES string of the molecule is Cc1ccccc1C(C)(CN)Cc1ccc(C(C)(C)C)cc1. The van der Waals surface area contributed by atoms with Crippen molar-refractivity contribution in [3.05, 3.63) is 70.8 Å². The first-order valence-corrected chi connectivity index (χ1v) is 8.12. The molecule has 1 atom stereocenters. The second-order valence-electron chi connectivity index (χ2n) is 7.70. The van der Waals surface area contributed by atoms with Crippen LogP contribution in [0.2, 0.25) is 0 Å². The molecule has 118 valence electrons. The van der Waals surface area contributed by atoms with Crippen LogP contribution in [0.15, 0.2) is 48.5 Å². The van der Waals surface area contributed by atoms with Crippen molar-refractivity contribution in [1.29, 1.82) is 0 Å². The van der Waals surface area contributed by atoms with Gasteiger partial charge < -0.3 is 5.73 Å². The molecular weight excluding hydrogens is 266 g/mol. The number of hydrogen-bond donors (Lipinski definition) is 1. The van der Waals surface area contributed by atoms with Gasteiger partial charge >= 0.3 is 0 Å². The van der Waals surface area contributed by atoms with E-state index in [4.69, 9.17) is 5.73 Å². The molecule has 22 heavy (non-hydrogen) atoms. The quantitative estimate of drug-likeness (QED) is 0.865. The van der Waals surface area contributed by atoms with E-state index in [-0.39, 0.29) is 10.8 Å². The molecule has 0 aliphatic carbocycles. The van der Waals surface area contributed by atoms with Crippen molar-refractivity contribution in [3.8, 4) is 0 Å². The minimum Gasteiger partial charge on any atom is -0.330 e. The van der Waals surface area contributed by atoms with E-state index in [1.807, 2.05) is 0 Å². The van der Waals surface area contributed by atoms with Crippen LogP contribution >= 0.6 is 0 Å². The van der Waals surface area contributed by atoms with Crippen molar-refractivity contribution >= 4 is 0 Å².